The third kappa shape index (κ3) is 3.16. The molecule has 0 radical (unpaired) electrons. The molecule has 3 aromatic heterocycles. The molecule has 38 heavy (non-hydrogen) atoms. The summed E-state index contributed by atoms with van der Waals surface area (Å²) in [5.74, 6) is 0. The molecule has 178 valence electrons. The fraction of sp³-hybridized carbons (Fsp3) is 0. The fourth-order valence-electron chi connectivity index (χ4n) is 5.85. The summed E-state index contributed by atoms with van der Waals surface area (Å²) < 4.78 is 2.61. The van der Waals surface area contributed by atoms with Crippen LogP contribution in [0.15, 0.2) is 128 Å². The molecule has 0 aliphatic rings. The van der Waals surface area contributed by atoms with Crippen molar-refractivity contribution >= 4 is 53.3 Å². The van der Waals surface area contributed by atoms with Crippen LogP contribution in [-0.4, -0.2) is 9.97 Å². The lowest BCUT2D eigenvalue weighted by Crippen LogP contribution is -1.93. The molecule has 3 heteroatoms. The molecule has 0 saturated carbocycles. The molecule has 0 aliphatic heterocycles. The molecule has 0 bridgehead atoms. The predicted octanol–water partition coefficient (Wildman–Crippen LogP) is 10.1. The van der Waals surface area contributed by atoms with Gasteiger partial charge in [-0.1, -0.05) is 97.1 Å². The maximum Gasteiger partial charge on any atom is 0.0787 e. The summed E-state index contributed by atoms with van der Waals surface area (Å²) in [7, 11) is 0. The average Bonchev–Trinajstić information content (AvgIpc) is 3.56. The van der Waals surface area contributed by atoms with E-state index < -0.39 is 0 Å². The molecule has 0 amide bonds. The molecule has 0 aliphatic carbocycles. The Bertz CT molecular complexity index is 2130. The Morgan fingerprint density at radius 2 is 1.29 bits per heavy atom. The van der Waals surface area contributed by atoms with Gasteiger partial charge in [0.05, 0.1) is 11.2 Å². The highest BCUT2D eigenvalue weighted by Crippen LogP contribution is 2.47. The first-order valence-corrected chi connectivity index (χ1v) is 13.6. The number of H-pyrrole nitrogens is 1. The number of hydrogen-bond donors (Lipinski definition) is 1. The van der Waals surface area contributed by atoms with Crippen LogP contribution in [0.1, 0.15) is 0 Å². The Morgan fingerprint density at radius 3 is 2.21 bits per heavy atom. The van der Waals surface area contributed by atoms with Crippen LogP contribution < -0.4 is 0 Å². The van der Waals surface area contributed by atoms with Gasteiger partial charge in [0.15, 0.2) is 0 Å². The Kier molecular flexibility index (Phi) is 4.73. The van der Waals surface area contributed by atoms with E-state index in [1.165, 1.54) is 42.1 Å². The summed E-state index contributed by atoms with van der Waals surface area (Å²) in [4.78, 5) is 8.79. The van der Waals surface area contributed by atoms with Crippen molar-refractivity contribution in [1.29, 1.82) is 0 Å². The largest absolute Gasteiger partial charge is 0.354 e. The molecule has 0 spiro atoms. The summed E-state index contributed by atoms with van der Waals surface area (Å²) in [6.45, 7) is 0. The zero-order valence-electron chi connectivity index (χ0n) is 20.5. The number of benzene rings is 5. The molecule has 2 nitrogen and oxygen atoms in total. The monoisotopic (exact) mass is 502 g/mol. The third-order valence-electron chi connectivity index (χ3n) is 7.50. The second kappa shape index (κ2) is 8.41. The summed E-state index contributed by atoms with van der Waals surface area (Å²) in [6, 6.07) is 43.3. The van der Waals surface area contributed by atoms with Crippen molar-refractivity contribution in [2.24, 2.45) is 0 Å². The van der Waals surface area contributed by atoms with Crippen molar-refractivity contribution in [3.8, 4) is 33.5 Å². The van der Waals surface area contributed by atoms with Crippen LogP contribution in [0.5, 0.6) is 0 Å². The average molecular weight is 503 g/mol. The van der Waals surface area contributed by atoms with Crippen molar-refractivity contribution in [1.82, 2.24) is 9.97 Å². The van der Waals surface area contributed by atoms with Crippen molar-refractivity contribution in [2.45, 2.75) is 0 Å². The van der Waals surface area contributed by atoms with Gasteiger partial charge in [-0.3, -0.25) is 4.98 Å². The van der Waals surface area contributed by atoms with Crippen LogP contribution in [0, 0.1) is 0 Å². The topological polar surface area (TPSA) is 28.7 Å². The number of aromatic amines is 1. The van der Waals surface area contributed by atoms with Crippen LogP contribution in [-0.2, 0) is 0 Å². The highest BCUT2D eigenvalue weighted by Gasteiger charge is 2.21. The minimum Gasteiger partial charge on any atom is -0.354 e. The highest BCUT2D eigenvalue weighted by molar-refractivity contribution is 7.25. The molecular formula is C35H22N2S. The number of nitrogens with zero attached hydrogens (tertiary/aromatic N) is 1. The first-order chi connectivity index (χ1) is 18.9. The number of fused-ring (bicyclic) bond motifs is 6. The Balaban J connectivity index is 1.55. The number of nitrogens with one attached hydrogen (secondary N) is 1. The standard InChI is InChI=1S/C35H22N2S/c1-2-10-22(11-3-1)23-15-9-21-36-34(23)28-20-19-25-24-12-4-6-16-29(24)37-35(25)33(28)27-14-8-18-31-32(27)26-13-5-7-17-30(26)38-31/h1-21,37H. The first kappa shape index (κ1) is 21.4. The fourth-order valence-corrected chi connectivity index (χ4v) is 6.98. The van der Waals surface area contributed by atoms with Gasteiger partial charge in [0.2, 0.25) is 0 Å². The Hall–Kier alpha value is -4.73. The minimum absolute atomic E-state index is 0.991. The van der Waals surface area contributed by atoms with E-state index in [0.717, 1.165) is 33.4 Å². The zero-order chi connectivity index (χ0) is 25.1. The van der Waals surface area contributed by atoms with Gasteiger partial charge < -0.3 is 4.98 Å². The van der Waals surface area contributed by atoms with E-state index in [4.69, 9.17) is 4.98 Å². The van der Waals surface area contributed by atoms with E-state index in [1.54, 1.807) is 0 Å². The SMILES string of the molecule is c1ccc(-c2cccnc2-c2ccc3c([nH]c4ccccc43)c2-c2cccc3sc4ccccc4c23)cc1. The molecule has 0 saturated heterocycles. The number of pyridine rings is 1. The maximum atomic E-state index is 4.99. The third-order valence-corrected chi connectivity index (χ3v) is 8.64. The lowest BCUT2D eigenvalue weighted by molar-refractivity contribution is 1.33. The molecule has 0 fully saturated rings. The maximum absolute atomic E-state index is 4.99. The molecule has 5 aromatic carbocycles. The van der Waals surface area contributed by atoms with Gasteiger partial charge in [-0.05, 0) is 35.4 Å². The predicted molar refractivity (Wildman–Crippen MR) is 163 cm³/mol. The lowest BCUT2D eigenvalue weighted by atomic mass is 9.89. The molecule has 3 heterocycles. The van der Waals surface area contributed by atoms with E-state index in [9.17, 15) is 0 Å². The second-order valence-corrected chi connectivity index (χ2v) is 10.7. The van der Waals surface area contributed by atoms with E-state index in [-0.39, 0.29) is 0 Å². The van der Waals surface area contributed by atoms with Crippen LogP contribution in [0.25, 0.3) is 75.5 Å². The summed E-state index contributed by atoms with van der Waals surface area (Å²) >= 11 is 1.86. The smallest absolute Gasteiger partial charge is 0.0787 e. The van der Waals surface area contributed by atoms with Crippen LogP contribution in [0.2, 0.25) is 0 Å². The Labute approximate surface area is 223 Å². The van der Waals surface area contributed by atoms with Crippen molar-refractivity contribution in [3.05, 3.63) is 128 Å². The second-order valence-electron chi connectivity index (χ2n) is 9.62. The van der Waals surface area contributed by atoms with E-state index in [0.29, 0.717) is 0 Å². The number of rotatable bonds is 3. The zero-order valence-corrected chi connectivity index (χ0v) is 21.3. The molecule has 8 rings (SSSR count). The number of aromatic nitrogens is 2. The van der Waals surface area contributed by atoms with E-state index >= 15 is 0 Å². The number of thiophene rings is 1. The summed E-state index contributed by atoms with van der Waals surface area (Å²) in [5, 5.41) is 5.07. The van der Waals surface area contributed by atoms with Crippen LogP contribution in [0.4, 0.5) is 0 Å². The first-order valence-electron chi connectivity index (χ1n) is 12.8. The normalized spacial score (nSPS) is 11.7. The van der Waals surface area contributed by atoms with Gasteiger partial charge in [-0.2, -0.15) is 0 Å². The van der Waals surface area contributed by atoms with Crippen molar-refractivity contribution in [2.75, 3.05) is 0 Å². The summed E-state index contributed by atoms with van der Waals surface area (Å²) in [5.41, 5.74) is 9.14. The molecule has 0 unspecified atom stereocenters. The molecular weight excluding hydrogens is 480 g/mol. The lowest BCUT2D eigenvalue weighted by Gasteiger charge is -2.16. The quantitative estimate of drug-likeness (QED) is 0.256. The van der Waals surface area contributed by atoms with E-state index in [1.807, 2.05) is 23.6 Å². The van der Waals surface area contributed by atoms with Gasteiger partial charge in [0.1, 0.15) is 0 Å². The molecule has 1 N–H and O–H groups in total. The Morgan fingerprint density at radius 1 is 0.526 bits per heavy atom. The van der Waals surface area contributed by atoms with Gasteiger partial charge in [0, 0.05) is 59.3 Å². The molecule has 8 aromatic rings. The van der Waals surface area contributed by atoms with Gasteiger partial charge in [-0.25, -0.2) is 0 Å². The van der Waals surface area contributed by atoms with Crippen molar-refractivity contribution in [3.63, 3.8) is 0 Å². The van der Waals surface area contributed by atoms with Crippen LogP contribution in [0.3, 0.4) is 0 Å². The van der Waals surface area contributed by atoms with E-state index in [2.05, 4.69) is 120 Å². The van der Waals surface area contributed by atoms with Crippen molar-refractivity contribution < 1.29 is 0 Å². The number of hydrogen-bond acceptors (Lipinski definition) is 2. The summed E-state index contributed by atoms with van der Waals surface area (Å²) in [6.07, 6.45) is 1.90. The minimum atomic E-state index is 0.991. The van der Waals surface area contributed by atoms with Crippen LogP contribution >= 0.6 is 11.3 Å². The highest BCUT2D eigenvalue weighted by atomic mass is 32.1. The number of para-hydroxylation sites is 1. The van der Waals surface area contributed by atoms with Gasteiger partial charge in [-0.15, -0.1) is 11.3 Å². The van der Waals surface area contributed by atoms with Gasteiger partial charge >= 0.3 is 0 Å². The van der Waals surface area contributed by atoms with Gasteiger partial charge in [0.25, 0.3) is 0 Å². The molecule has 0 atom stereocenters.